The standard InChI is InChI=1S/C16H8N4O/c17-7-15(8-18)13-6-5-11-3-1-2-4-12(11)14(13)16(9-19,10-20)21-15/h1-6,13-14H. The average Bonchev–Trinajstić information content (AvgIpc) is 2.86. The van der Waals surface area contributed by atoms with Crippen LogP contribution in [-0.4, -0.2) is 11.2 Å². The van der Waals surface area contributed by atoms with Crippen molar-refractivity contribution in [3.63, 3.8) is 0 Å². The Morgan fingerprint density at radius 2 is 1.52 bits per heavy atom. The molecule has 1 aromatic rings. The molecular weight excluding hydrogens is 264 g/mol. The lowest BCUT2D eigenvalue weighted by molar-refractivity contribution is 0.0122. The molecule has 21 heavy (non-hydrogen) atoms. The van der Waals surface area contributed by atoms with E-state index in [9.17, 15) is 21.0 Å². The predicted octanol–water partition coefficient (Wildman–Crippen LogP) is 2.02. The highest BCUT2D eigenvalue weighted by Crippen LogP contribution is 2.55. The van der Waals surface area contributed by atoms with E-state index in [0.717, 1.165) is 11.1 Å². The molecule has 0 amide bonds. The van der Waals surface area contributed by atoms with E-state index >= 15 is 0 Å². The van der Waals surface area contributed by atoms with Gasteiger partial charge in [-0.3, -0.25) is 0 Å². The monoisotopic (exact) mass is 272 g/mol. The Morgan fingerprint density at radius 1 is 0.905 bits per heavy atom. The fraction of sp³-hybridized carbons (Fsp3) is 0.250. The third kappa shape index (κ3) is 1.44. The maximum Gasteiger partial charge on any atom is 0.251 e. The quantitative estimate of drug-likeness (QED) is 0.718. The first-order chi connectivity index (χ1) is 10.2. The molecule has 98 valence electrons. The van der Waals surface area contributed by atoms with Gasteiger partial charge >= 0.3 is 0 Å². The summed E-state index contributed by atoms with van der Waals surface area (Å²) >= 11 is 0. The molecule has 0 saturated carbocycles. The van der Waals surface area contributed by atoms with Crippen molar-refractivity contribution in [2.45, 2.75) is 17.1 Å². The zero-order chi connectivity index (χ0) is 15.1. The number of benzene rings is 1. The van der Waals surface area contributed by atoms with E-state index in [4.69, 9.17) is 4.74 Å². The molecule has 0 aromatic heterocycles. The molecule has 1 aliphatic heterocycles. The van der Waals surface area contributed by atoms with Gasteiger partial charge in [0.25, 0.3) is 11.2 Å². The van der Waals surface area contributed by atoms with Gasteiger partial charge in [-0.2, -0.15) is 21.0 Å². The van der Waals surface area contributed by atoms with Crippen molar-refractivity contribution in [2.75, 3.05) is 0 Å². The number of fused-ring (bicyclic) bond motifs is 3. The second-order valence-electron chi connectivity index (χ2n) is 5.01. The largest absolute Gasteiger partial charge is 0.311 e. The van der Waals surface area contributed by atoms with Crippen molar-refractivity contribution in [3.05, 3.63) is 41.5 Å². The van der Waals surface area contributed by atoms with Crippen LogP contribution in [0, 0.1) is 51.2 Å². The van der Waals surface area contributed by atoms with Gasteiger partial charge in [0.2, 0.25) is 0 Å². The van der Waals surface area contributed by atoms with Crippen molar-refractivity contribution >= 4 is 6.08 Å². The first-order valence-electron chi connectivity index (χ1n) is 6.28. The third-order valence-electron chi connectivity index (χ3n) is 4.07. The molecule has 1 aliphatic carbocycles. The van der Waals surface area contributed by atoms with Gasteiger partial charge in [-0.15, -0.1) is 0 Å². The van der Waals surface area contributed by atoms with Crippen molar-refractivity contribution in [1.82, 2.24) is 0 Å². The first kappa shape index (κ1) is 12.9. The third-order valence-corrected chi connectivity index (χ3v) is 4.07. The second-order valence-corrected chi connectivity index (χ2v) is 5.01. The number of nitriles is 4. The predicted molar refractivity (Wildman–Crippen MR) is 70.7 cm³/mol. The molecule has 0 radical (unpaired) electrons. The van der Waals surface area contributed by atoms with Crippen LogP contribution in [0.2, 0.25) is 0 Å². The number of rotatable bonds is 0. The zero-order valence-electron chi connectivity index (χ0n) is 10.8. The fourth-order valence-electron chi connectivity index (χ4n) is 3.11. The minimum atomic E-state index is -1.84. The van der Waals surface area contributed by atoms with E-state index in [-0.39, 0.29) is 0 Å². The Morgan fingerprint density at radius 3 is 2.14 bits per heavy atom. The zero-order valence-corrected chi connectivity index (χ0v) is 10.8. The minimum Gasteiger partial charge on any atom is -0.311 e. The van der Waals surface area contributed by atoms with Crippen LogP contribution in [0.1, 0.15) is 17.0 Å². The van der Waals surface area contributed by atoms with Gasteiger partial charge in [0.15, 0.2) is 0 Å². The average molecular weight is 272 g/mol. The van der Waals surface area contributed by atoms with Crippen LogP contribution >= 0.6 is 0 Å². The summed E-state index contributed by atoms with van der Waals surface area (Å²) in [7, 11) is 0. The molecule has 0 N–H and O–H groups in total. The maximum absolute atomic E-state index is 9.46. The Labute approximate surface area is 121 Å². The number of nitrogens with zero attached hydrogens (tertiary/aromatic N) is 4. The van der Waals surface area contributed by atoms with E-state index in [2.05, 4.69) is 0 Å². The van der Waals surface area contributed by atoms with Gasteiger partial charge in [0.1, 0.15) is 24.3 Å². The Kier molecular flexibility index (Phi) is 2.57. The molecular formula is C16H8N4O. The smallest absolute Gasteiger partial charge is 0.251 e. The van der Waals surface area contributed by atoms with Crippen molar-refractivity contribution in [1.29, 1.82) is 21.0 Å². The Bertz CT molecular complexity index is 784. The van der Waals surface area contributed by atoms with Gasteiger partial charge in [-0.1, -0.05) is 36.4 Å². The summed E-state index contributed by atoms with van der Waals surface area (Å²) in [6.45, 7) is 0. The van der Waals surface area contributed by atoms with Crippen molar-refractivity contribution in [2.24, 2.45) is 5.92 Å². The molecule has 2 atom stereocenters. The van der Waals surface area contributed by atoms with Crippen LogP contribution in [-0.2, 0) is 4.74 Å². The minimum absolute atomic E-state index is 0.651. The van der Waals surface area contributed by atoms with Crippen molar-refractivity contribution in [3.8, 4) is 24.3 Å². The Balaban J connectivity index is 2.31. The van der Waals surface area contributed by atoms with Crippen LogP contribution < -0.4 is 0 Å². The highest BCUT2D eigenvalue weighted by molar-refractivity contribution is 5.63. The summed E-state index contributed by atoms with van der Waals surface area (Å²) in [6, 6.07) is 14.7. The van der Waals surface area contributed by atoms with E-state index in [1.807, 2.05) is 36.4 Å². The molecule has 1 aromatic carbocycles. The van der Waals surface area contributed by atoms with Crippen LogP contribution in [0.25, 0.3) is 6.08 Å². The lowest BCUT2D eigenvalue weighted by atomic mass is 9.69. The normalized spacial score (nSPS) is 26.3. The highest BCUT2D eigenvalue weighted by Gasteiger charge is 2.65. The lowest BCUT2D eigenvalue weighted by Gasteiger charge is -2.27. The van der Waals surface area contributed by atoms with E-state index in [1.165, 1.54) is 0 Å². The summed E-state index contributed by atoms with van der Waals surface area (Å²) in [5, 5.41) is 37.7. The van der Waals surface area contributed by atoms with Crippen LogP contribution in [0.5, 0.6) is 0 Å². The van der Waals surface area contributed by atoms with Crippen LogP contribution in [0.4, 0.5) is 0 Å². The van der Waals surface area contributed by atoms with E-state index in [1.54, 1.807) is 24.3 Å². The van der Waals surface area contributed by atoms with Crippen LogP contribution in [0.3, 0.4) is 0 Å². The summed E-state index contributed by atoms with van der Waals surface area (Å²) in [5.41, 5.74) is -2.04. The SMILES string of the molecule is N#CC1(C#N)OC(C#N)(C#N)C2c3ccccc3C=CC21. The lowest BCUT2D eigenvalue weighted by Crippen LogP contribution is -2.34. The molecule has 2 unspecified atom stereocenters. The fourth-order valence-corrected chi connectivity index (χ4v) is 3.11. The molecule has 3 rings (SSSR count). The van der Waals surface area contributed by atoms with Gasteiger partial charge in [-0.25, -0.2) is 0 Å². The molecule has 5 nitrogen and oxygen atoms in total. The first-order valence-corrected chi connectivity index (χ1v) is 6.28. The van der Waals surface area contributed by atoms with Gasteiger partial charge in [-0.05, 0) is 11.1 Å². The van der Waals surface area contributed by atoms with E-state index in [0.29, 0.717) is 0 Å². The highest BCUT2D eigenvalue weighted by atomic mass is 16.5. The van der Waals surface area contributed by atoms with Gasteiger partial charge in [0, 0.05) is 5.92 Å². The number of hydrogen-bond donors (Lipinski definition) is 0. The molecule has 1 saturated heterocycles. The molecule has 1 fully saturated rings. The number of ether oxygens (including phenoxy) is 1. The summed E-state index contributed by atoms with van der Waals surface area (Å²) in [6.07, 6.45) is 3.49. The summed E-state index contributed by atoms with van der Waals surface area (Å²) in [5.74, 6) is -1.31. The second kappa shape index (κ2) is 4.19. The summed E-state index contributed by atoms with van der Waals surface area (Å²) in [4.78, 5) is 0. The van der Waals surface area contributed by atoms with Crippen molar-refractivity contribution < 1.29 is 4.74 Å². The topological polar surface area (TPSA) is 104 Å². The molecule has 0 spiro atoms. The number of hydrogen-bond acceptors (Lipinski definition) is 5. The van der Waals surface area contributed by atoms with Gasteiger partial charge < -0.3 is 4.74 Å². The maximum atomic E-state index is 9.46. The van der Waals surface area contributed by atoms with Crippen LogP contribution in [0.15, 0.2) is 30.3 Å². The molecule has 0 bridgehead atoms. The van der Waals surface area contributed by atoms with E-state index < -0.39 is 23.0 Å². The summed E-state index contributed by atoms with van der Waals surface area (Å²) < 4.78 is 5.44. The molecule has 1 heterocycles. The molecule has 2 aliphatic rings. The Hall–Kier alpha value is -3.12. The van der Waals surface area contributed by atoms with Gasteiger partial charge in [0.05, 0.1) is 5.92 Å². The molecule has 5 heteroatoms.